The molecule has 0 saturated carbocycles. The molecule has 0 spiro atoms. The van der Waals surface area contributed by atoms with E-state index in [2.05, 4.69) is 5.32 Å². The molecule has 1 aliphatic heterocycles. The first-order valence-electron chi connectivity index (χ1n) is 7.73. The van der Waals surface area contributed by atoms with Crippen molar-refractivity contribution >= 4 is 12.0 Å². The van der Waals surface area contributed by atoms with Gasteiger partial charge in [0.1, 0.15) is 5.75 Å². The van der Waals surface area contributed by atoms with Crippen molar-refractivity contribution in [2.45, 2.75) is 6.42 Å². The molecule has 1 aliphatic rings. The topological polar surface area (TPSA) is 56.8 Å². The van der Waals surface area contributed by atoms with Crippen LogP contribution in [0.2, 0.25) is 0 Å². The van der Waals surface area contributed by atoms with Crippen LogP contribution in [0.25, 0.3) is 6.08 Å². The van der Waals surface area contributed by atoms with Gasteiger partial charge in [-0.3, -0.25) is 4.79 Å². The van der Waals surface area contributed by atoms with Crippen molar-refractivity contribution in [1.29, 1.82) is 0 Å². The van der Waals surface area contributed by atoms with Crippen LogP contribution in [0.5, 0.6) is 17.2 Å². The SMILES string of the molecule is COc1cccc(C=CC(=O)NCCc2ccc3c(c2)OCO3)c1. The quantitative estimate of drug-likeness (QED) is 0.830. The lowest BCUT2D eigenvalue weighted by molar-refractivity contribution is -0.116. The van der Waals surface area contributed by atoms with Gasteiger partial charge in [-0.15, -0.1) is 0 Å². The number of rotatable bonds is 6. The number of hydrogen-bond donors (Lipinski definition) is 1. The summed E-state index contributed by atoms with van der Waals surface area (Å²) in [7, 11) is 1.62. The number of hydrogen-bond acceptors (Lipinski definition) is 4. The van der Waals surface area contributed by atoms with E-state index in [1.54, 1.807) is 13.2 Å². The van der Waals surface area contributed by atoms with Crippen LogP contribution >= 0.6 is 0 Å². The monoisotopic (exact) mass is 325 g/mol. The second kappa shape index (κ2) is 7.55. The molecular formula is C19H19NO4. The van der Waals surface area contributed by atoms with Crippen LogP contribution in [0.1, 0.15) is 11.1 Å². The van der Waals surface area contributed by atoms with E-state index in [1.807, 2.05) is 42.5 Å². The molecule has 5 nitrogen and oxygen atoms in total. The van der Waals surface area contributed by atoms with Gasteiger partial charge in [-0.1, -0.05) is 18.2 Å². The van der Waals surface area contributed by atoms with E-state index in [1.165, 1.54) is 6.08 Å². The molecule has 0 aromatic heterocycles. The minimum absolute atomic E-state index is 0.126. The zero-order valence-corrected chi connectivity index (χ0v) is 13.5. The molecule has 0 unspecified atom stereocenters. The normalized spacial score (nSPS) is 12.4. The third kappa shape index (κ3) is 4.07. The van der Waals surface area contributed by atoms with Gasteiger partial charge in [0.15, 0.2) is 11.5 Å². The van der Waals surface area contributed by atoms with Gasteiger partial charge < -0.3 is 19.5 Å². The predicted octanol–water partition coefficient (Wildman–Crippen LogP) is 2.80. The van der Waals surface area contributed by atoms with Gasteiger partial charge in [-0.25, -0.2) is 0 Å². The number of fused-ring (bicyclic) bond motifs is 1. The van der Waals surface area contributed by atoms with Gasteiger partial charge >= 0.3 is 0 Å². The molecule has 1 N–H and O–H groups in total. The van der Waals surface area contributed by atoms with Crippen LogP contribution in [0, 0.1) is 0 Å². The number of methoxy groups -OCH3 is 1. The first-order chi connectivity index (χ1) is 11.7. The largest absolute Gasteiger partial charge is 0.497 e. The van der Waals surface area contributed by atoms with Gasteiger partial charge in [-0.2, -0.15) is 0 Å². The van der Waals surface area contributed by atoms with Gasteiger partial charge in [0, 0.05) is 12.6 Å². The summed E-state index contributed by atoms with van der Waals surface area (Å²) in [4.78, 5) is 11.9. The Balaban J connectivity index is 1.48. The maximum atomic E-state index is 11.9. The number of carbonyl (C=O) groups is 1. The molecule has 5 heteroatoms. The lowest BCUT2D eigenvalue weighted by Gasteiger charge is -2.04. The van der Waals surface area contributed by atoms with Crippen LogP contribution in [0.15, 0.2) is 48.5 Å². The van der Waals surface area contributed by atoms with Gasteiger partial charge in [0.2, 0.25) is 12.7 Å². The van der Waals surface area contributed by atoms with E-state index < -0.39 is 0 Å². The second-order valence-corrected chi connectivity index (χ2v) is 5.34. The summed E-state index contributed by atoms with van der Waals surface area (Å²) in [5.74, 6) is 2.17. The Labute approximate surface area is 140 Å². The van der Waals surface area contributed by atoms with Crippen molar-refractivity contribution in [3.8, 4) is 17.2 Å². The Hall–Kier alpha value is -2.95. The Bertz CT molecular complexity index is 755. The maximum Gasteiger partial charge on any atom is 0.244 e. The highest BCUT2D eigenvalue weighted by molar-refractivity contribution is 5.91. The molecule has 0 bridgehead atoms. The first-order valence-corrected chi connectivity index (χ1v) is 7.73. The number of benzene rings is 2. The molecule has 1 heterocycles. The molecule has 0 aliphatic carbocycles. The smallest absolute Gasteiger partial charge is 0.244 e. The fraction of sp³-hybridized carbons (Fsp3) is 0.211. The second-order valence-electron chi connectivity index (χ2n) is 5.34. The van der Waals surface area contributed by atoms with Crippen molar-refractivity contribution in [3.63, 3.8) is 0 Å². The van der Waals surface area contributed by atoms with E-state index in [0.29, 0.717) is 6.54 Å². The highest BCUT2D eigenvalue weighted by Crippen LogP contribution is 2.32. The Kier molecular flexibility index (Phi) is 5.01. The molecule has 2 aromatic carbocycles. The molecule has 0 radical (unpaired) electrons. The minimum atomic E-state index is -0.126. The molecule has 2 aromatic rings. The lowest BCUT2D eigenvalue weighted by atomic mass is 10.1. The summed E-state index contributed by atoms with van der Waals surface area (Å²) in [6.45, 7) is 0.825. The molecule has 24 heavy (non-hydrogen) atoms. The van der Waals surface area contributed by atoms with E-state index >= 15 is 0 Å². The van der Waals surface area contributed by atoms with Crippen LogP contribution in [-0.4, -0.2) is 26.4 Å². The van der Waals surface area contributed by atoms with E-state index in [4.69, 9.17) is 14.2 Å². The number of ether oxygens (including phenoxy) is 3. The highest BCUT2D eigenvalue weighted by atomic mass is 16.7. The van der Waals surface area contributed by atoms with Crippen molar-refractivity contribution in [1.82, 2.24) is 5.32 Å². The first kappa shape index (κ1) is 15.9. The fourth-order valence-corrected chi connectivity index (χ4v) is 2.40. The highest BCUT2D eigenvalue weighted by Gasteiger charge is 2.12. The maximum absolute atomic E-state index is 11.9. The Morgan fingerprint density at radius 2 is 2.08 bits per heavy atom. The van der Waals surface area contributed by atoms with Crippen molar-refractivity contribution in [2.24, 2.45) is 0 Å². The summed E-state index contributed by atoms with van der Waals surface area (Å²) in [5, 5.41) is 2.87. The lowest BCUT2D eigenvalue weighted by Crippen LogP contribution is -2.23. The molecule has 0 saturated heterocycles. The molecule has 124 valence electrons. The van der Waals surface area contributed by atoms with E-state index in [0.717, 1.165) is 34.8 Å². The third-order valence-corrected chi connectivity index (χ3v) is 3.67. The molecule has 0 atom stereocenters. The molecule has 3 rings (SSSR count). The third-order valence-electron chi connectivity index (χ3n) is 3.67. The summed E-state index contributed by atoms with van der Waals surface area (Å²) in [6, 6.07) is 13.3. The average Bonchev–Trinajstić information content (AvgIpc) is 3.08. The predicted molar refractivity (Wildman–Crippen MR) is 91.3 cm³/mol. The van der Waals surface area contributed by atoms with Crippen molar-refractivity contribution in [2.75, 3.05) is 20.4 Å². The molecular weight excluding hydrogens is 306 g/mol. The summed E-state index contributed by atoms with van der Waals surface area (Å²) in [5.41, 5.74) is 2.01. The average molecular weight is 325 g/mol. The summed E-state index contributed by atoms with van der Waals surface area (Å²) >= 11 is 0. The van der Waals surface area contributed by atoms with E-state index in [-0.39, 0.29) is 12.7 Å². The zero-order chi connectivity index (χ0) is 16.8. The number of nitrogens with one attached hydrogen (secondary N) is 1. The van der Waals surface area contributed by atoms with Crippen LogP contribution in [-0.2, 0) is 11.2 Å². The van der Waals surface area contributed by atoms with Crippen molar-refractivity contribution in [3.05, 3.63) is 59.7 Å². The van der Waals surface area contributed by atoms with Gasteiger partial charge in [-0.05, 0) is 47.9 Å². The number of carbonyl (C=O) groups excluding carboxylic acids is 1. The summed E-state index contributed by atoms with van der Waals surface area (Å²) < 4.78 is 15.8. The van der Waals surface area contributed by atoms with Gasteiger partial charge in [0.25, 0.3) is 0 Å². The van der Waals surface area contributed by atoms with Crippen LogP contribution in [0.4, 0.5) is 0 Å². The fourth-order valence-electron chi connectivity index (χ4n) is 2.40. The molecule has 1 amide bonds. The Morgan fingerprint density at radius 3 is 2.96 bits per heavy atom. The van der Waals surface area contributed by atoms with E-state index in [9.17, 15) is 4.79 Å². The summed E-state index contributed by atoms with van der Waals surface area (Å²) in [6.07, 6.45) is 4.02. The standard InChI is InChI=1S/C19H19NO4/c1-22-16-4-2-3-14(11-16)6-8-19(21)20-10-9-15-5-7-17-18(12-15)24-13-23-17/h2-8,11-12H,9-10,13H2,1H3,(H,20,21). The zero-order valence-electron chi connectivity index (χ0n) is 13.5. The minimum Gasteiger partial charge on any atom is -0.497 e. The Morgan fingerprint density at radius 1 is 1.21 bits per heavy atom. The van der Waals surface area contributed by atoms with Crippen LogP contribution < -0.4 is 19.5 Å². The van der Waals surface area contributed by atoms with Crippen LogP contribution in [0.3, 0.4) is 0 Å². The number of amides is 1. The van der Waals surface area contributed by atoms with Gasteiger partial charge in [0.05, 0.1) is 7.11 Å². The van der Waals surface area contributed by atoms with Crippen molar-refractivity contribution < 1.29 is 19.0 Å². The molecule has 0 fully saturated rings.